The van der Waals surface area contributed by atoms with Crippen LogP contribution in [0, 0.1) is 11.2 Å². The number of allylic oxidation sites excluding steroid dienone is 1. The molecule has 0 saturated carbocycles. The molecule has 0 aromatic heterocycles. The van der Waals surface area contributed by atoms with Gasteiger partial charge in [0.05, 0.1) is 6.61 Å². The fourth-order valence-corrected chi connectivity index (χ4v) is 2.02. The number of hydrogen-bond acceptors (Lipinski definition) is 2. The summed E-state index contributed by atoms with van der Waals surface area (Å²) in [5.74, 6) is -0.252. The lowest BCUT2D eigenvalue weighted by molar-refractivity contribution is 0.125. The number of halogens is 1. The Labute approximate surface area is 121 Å². The maximum Gasteiger partial charge on any atom is 0.123 e. The van der Waals surface area contributed by atoms with E-state index in [9.17, 15) is 4.39 Å². The van der Waals surface area contributed by atoms with Gasteiger partial charge >= 0.3 is 0 Å². The van der Waals surface area contributed by atoms with Crippen molar-refractivity contribution in [3.8, 4) is 0 Å². The maximum atomic E-state index is 13.1. The van der Waals surface area contributed by atoms with Gasteiger partial charge in [-0.2, -0.15) is 0 Å². The molecule has 0 saturated heterocycles. The summed E-state index contributed by atoms with van der Waals surface area (Å²) >= 11 is 0. The minimum Gasteiger partial charge on any atom is -0.384 e. The second kappa shape index (κ2) is 6.71. The molecule has 0 atom stereocenters. The van der Waals surface area contributed by atoms with Gasteiger partial charge in [0, 0.05) is 29.6 Å². The van der Waals surface area contributed by atoms with Crippen molar-refractivity contribution in [2.45, 2.75) is 27.2 Å². The molecule has 1 aromatic rings. The third-order valence-corrected chi connectivity index (χ3v) is 3.37. The Morgan fingerprint density at radius 2 is 1.80 bits per heavy atom. The Balaban J connectivity index is 3.16. The van der Waals surface area contributed by atoms with Crippen LogP contribution in [-0.4, -0.2) is 13.7 Å². The molecule has 0 heterocycles. The molecule has 0 fully saturated rings. The van der Waals surface area contributed by atoms with Crippen molar-refractivity contribution in [1.82, 2.24) is 0 Å². The molecule has 0 aliphatic carbocycles. The highest BCUT2D eigenvalue weighted by Crippen LogP contribution is 2.35. The van der Waals surface area contributed by atoms with E-state index in [-0.39, 0.29) is 11.2 Å². The molecule has 0 spiro atoms. The zero-order valence-corrected chi connectivity index (χ0v) is 12.9. The average molecular weight is 277 g/mol. The normalized spacial score (nSPS) is 11.2. The summed E-state index contributed by atoms with van der Waals surface area (Å²) in [4.78, 5) is 1.98. The van der Waals surface area contributed by atoms with Gasteiger partial charge in [-0.05, 0) is 30.7 Å². The first-order chi connectivity index (χ1) is 9.33. The first-order valence-electron chi connectivity index (χ1n) is 6.75. The van der Waals surface area contributed by atoms with E-state index < -0.39 is 0 Å². The molecule has 2 nitrogen and oxygen atoms in total. The smallest absolute Gasteiger partial charge is 0.123 e. The Hall–Kier alpha value is -1.61. The standard InChI is InChI=1S/C17H24FNO/c1-7-13(2)19(14(3)17(4,5)12-20-6)16-10-8-15(18)9-11-16/h8-11H,2-3,7,12H2,1,4-6H3. The first-order valence-corrected chi connectivity index (χ1v) is 6.75. The highest BCUT2D eigenvalue weighted by molar-refractivity contribution is 5.58. The lowest BCUT2D eigenvalue weighted by Gasteiger charge is -2.37. The minimum absolute atomic E-state index is 0.235. The van der Waals surface area contributed by atoms with Crippen molar-refractivity contribution < 1.29 is 9.13 Å². The van der Waals surface area contributed by atoms with E-state index in [4.69, 9.17) is 4.74 Å². The lowest BCUT2D eigenvalue weighted by Crippen LogP contribution is -2.33. The molecular formula is C17H24FNO. The fourth-order valence-electron chi connectivity index (χ4n) is 2.02. The van der Waals surface area contributed by atoms with Gasteiger partial charge in [-0.1, -0.05) is 33.9 Å². The summed E-state index contributed by atoms with van der Waals surface area (Å²) in [6.45, 7) is 15.0. The van der Waals surface area contributed by atoms with Crippen molar-refractivity contribution in [3.05, 3.63) is 54.6 Å². The third-order valence-electron chi connectivity index (χ3n) is 3.37. The van der Waals surface area contributed by atoms with Crippen molar-refractivity contribution in [2.24, 2.45) is 5.41 Å². The van der Waals surface area contributed by atoms with Crippen LogP contribution in [0.5, 0.6) is 0 Å². The van der Waals surface area contributed by atoms with Crippen LogP contribution < -0.4 is 4.90 Å². The van der Waals surface area contributed by atoms with Crippen molar-refractivity contribution in [1.29, 1.82) is 0 Å². The van der Waals surface area contributed by atoms with Crippen LogP contribution in [0.2, 0.25) is 0 Å². The molecule has 1 aromatic carbocycles. The van der Waals surface area contributed by atoms with Crippen molar-refractivity contribution in [3.63, 3.8) is 0 Å². The van der Waals surface area contributed by atoms with Gasteiger partial charge < -0.3 is 9.64 Å². The lowest BCUT2D eigenvalue weighted by atomic mass is 9.89. The molecule has 20 heavy (non-hydrogen) atoms. The summed E-state index contributed by atoms with van der Waals surface area (Å²) in [5.41, 5.74) is 2.44. The van der Waals surface area contributed by atoms with E-state index >= 15 is 0 Å². The summed E-state index contributed by atoms with van der Waals surface area (Å²) in [6, 6.07) is 6.37. The number of nitrogens with zero attached hydrogens (tertiary/aromatic N) is 1. The zero-order valence-electron chi connectivity index (χ0n) is 12.9. The van der Waals surface area contributed by atoms with E-state index in [1.165, 1.54) is 12.1 Å². The third kappa shape index (κ3) is 3.70. The SMILES string of the molecule is C=C(CC)N(C(=C)C(C)(C)COC)c1ccc(F)cc1. The number of hydrogen-bond donors (Lipinski definition) is 0. The van der Waals surface area contributed by atoms with E-state index in [0.29, 0.717) is 6.61 Å². The summed E-state index contributed by atoms with van der Waals surface area (Å²) in [5, 5.41) is 0. The second-order valence-electron chi connectivity index (χ2n) is 5.50. The number of rotatable bonds is 7. The molecule has 0 radical (unpaired) electrons. The number of anilines is 1. The molecule has 110 valence electrons. The summed E-state index contributed by atoms with van der Waals surface area (Å²) in [7, 11) is 1.67. The molecular weight excluding hydrogens is 253 g/mol. The largest absolute Gasteiger partial charge is 0.384 e. The molecule has 0 unspecified atom stereocenters. The molecule has 1 rings (SSSR count). The Morgan fingerprint density at radius 1 is 1.25 bits per heavy atom. The monoisotopic (exact) mass is 277 g/mol. The Bertz CT molecular complexity index is 476. The molecule has 0 N–H and O–H groups in total. The van der Waals surface area contributed by atoms with Gasteiger partial charge in [-0.15, -0.1) is 0 Å². The minimum atomic E-state index is -0.252. The van der Waals surface area contributed by atoms with Crippen molar-refractivity contribution >= 4 is 5.69 Å². The summed E-state index contributed by atoms with van der Waals surface area (Å²) < 4.78 is 18.4. The van der Waals surface area contributed by atoms with Gasteiger partial charge in [0.15, 0.2) is 0 Å². The van der Waals surface area contributed by atoms with Gasteiger partial charge in [-0.25, -0.2) is 4.39 Å². The van der Waals surface area contributed by atoms with E-state index in [0.717, 1.165) is 23.5 Å². The molecule has 3 heteroatoms. The molecule has 0 aliphatic heterocycles. The predicted octanol–water partition coefficient (Wildman–Crippen LogP) is 4.74. The van der Waals surface area contributed by atoms with Gasteiger partial charge in [0.1, 0.15) is 5.82 Å². The zero-order chi connectivity index (χ0) is 15.3. The maximum absolute atomic E-state index is 13.1. The summed E-state index contributed by atoms with van der Waals surface area (Å²) in [6.07, 6.45) is 0.791. The highest BCUT2D eigenvalue weighted by atomic mass is 19.1. The van der Waals surface area contributed by atoms with Gasteiger partial charge in [0.2, 0.25) is 0 Å². The quantitative estimate of drug-likeness (QED) is 0.713. The van der Waals surface area contributed by atoms with E-state index in [1.807, 2.05) is 11.8 Å². The molecule has 0 bridgehead atoms. The predicted molar refractivity (Wildman–Crippen MR) is 83.1 cm³/mol. The number of methoxy groups -OCH3 is 1. The van der Waals surface area contributed by atoms with Gasteiger partial charge in [0.25, 0.3) is 0 Å². The van der Waals surface area contributed by atoms with E-state index in [1.54, 1.807) is 19.2 Å². The first kappa shape index (κ1) is 16.4. The second-order valence-corrected chi connectivity index (χ2v) is 5.50. The van der Waals surface area contributed by atoms with Crippen LogP contribution in [0.15, 0.2) is 48.8 Å². The van der Waals surface area contributed by atoms with Crippen LogP contribution in [0.25, 0.3) is 0 Å². The van der Waals surface area contributed by atoms with Crippen LogP contribution in [0.4, 0.5) is 10.1 Å². The van der Waals surface area contributed by atoms with Crippen LogP contribution in [-0.2, 0) is 4.74 Å². The topological polar surface area (TPSA) is 12.5 Å². The van der Waals surface area contributed by atoms with Crippen LogP contribution in [0.3, 0.4) is 0 Å². The average Bonchev–Trinajstić information content (AvgIpc) is 2.40. The van der Waals surface area contributed by atoms with Crippen LogP contribution >= 0.6 is 0 Å². The number of ether oxygens (including phenoxy) is 1. The highest BCUT2D eigenvalue weighted by Gasteiger charge is 2.28. The van der Waals surface area contributed by atoms with Crippen LogP contribution in [0.1, 0.15) is 27.2 Å². The fraction of sp³-hybridized carbons (Fsp3) is 0.412. The van der Waals surface area contributed by atoms with Gasteiger partial charge in [-0.3, -0.25) is 0 Å². The number of benzene rings is 1. The van der Waals surface area contributed by atoms with Crippen molar-refractivity contribution in [2.75, 3.05) is 18.6 Å². The molecule has 0 aliphatic rings. The van der Waals surface area contributed by atoms with E-state index in [2.05, 4.69) is 27.0 Å². The Kier molecular flexibility index (Phi) is 5.52. The molecule has 0 amide bonds. The Morgan fingerprint density at radius 3 is 2.25 bits per heavy atom.